The molecule has 0 spiro atoms. The van der Waals surface area contributed by atoms with Crippen LogP contribution in [0.5, 0.6) is 5.88 Å². The Morgan fingerprint density at radius 1 is 1.46 bits per heavy atom. The lowest BCUT2D eigenvalue weighted by atomic mass is 10.2. The summed E-state index contributed by atoms with van der Waals surface area (Å²) < 4.78 is 10.7. The molecule has 2 aromatic heterocycles. The van der Waals surface area contributed by atoms with Crippen LogP contribution >= 0.6 is 11.6 Å². The minimum Gasteiger partial charge on any atom is -0.476 e. The lowest BCUT2D eigenvalue weighted by molar-refractivity contribution is 0.0784. The van der Waals surface area contributed by atoms with Crippen molar-refractivity contribution in [3.05, 3.63) is 39.9 Å². The molecular weight excluding hydrogens is 330 g/mol. The number of rotatable bonds is 6. The van der Waals surface area contributed by atoms with E-state index in [1.54, 1.807) is 18.0 Å². The maximum Gasteiger partial charge on any atom is 0.255 e. The van der Waals surface area contributed by atoms with E-state index in [9.17, 15) is 4.79 Å². The van der Waals surface area contributed by atoms with E-state index in [0.29, 0.717) is 41.3 Å². The summed E-state index contributed by atoms with van der Waals surface area (Å²) in [5.74, 6) is 1.55. The van der Waals surface area contributed by atoms with Gasteiger partial charge in [0.25, 0.3) is 5.91 Å². The highest BCUT2D eigenvalue weighted by Gasteiger charge is 2.23. The van der Waals surface area contributed by atoms with Crippen molar-refractivity contribution in [1.29, 1.82) is 0 Å². The molecule has 0 bridgehead atoms. The second-order valence-electron chi connectivity index (χ2n) is 6.23. The average Bonchev–Trinajstić information content (AvgIpc) is 3.34. The van der Waals surface area contributed by atoms with Gasteiger partial charge in [0, 0.05) is 18.8 Å². The van der Waals surface area contributed by atoms with Crippen molar-refractivity contribution >= 4 is 17.5 Å². The van der Waals surface area contributed by atoms with Crippen molar-refractivity contribution in [3.8, 4) is 5.88 Å². The largest absolute Gasteiger partial charge is 0.476 e. The van der Waals surface area contributed by atoms with Crippen molar-refractivity contribution in [2.75, 3.05) is 13.7 Å². The quantitative estimate of drug-likeness (QED) is 0.799. The number of nitrogens with zero attached hydrogens (tertiary/aromatic N) is 3. The maximum atomic E-state index is 12.6. The molecule has 2 aromatic rings. The molecule has 1 saturated carbocycles. The molecule has 0 aromatic carbocycles. The van der Waals surface area contributed by atoms with Gasteiger partial charge in [0.15, 0.2) is 0 Å². The highest BCUT2D eigenvalue weighted by Crippen LogP contribution is 2.31. The molecule has 0 saturated heterocycles. The first kappa shape index (κ1) is 16.8. The molecule has 7 heteroatoms. The van der Waals surface area contributed by atoms with Gasteiger partial charge in [-0.15, -0.1) is 0 Å². The second-order valence-corrected chi connectivity index (χ2v) is 6.64. The summed E-state index contributed by atoms with van der Waals surface area (Å²) in [7, 11) is 1.72. The zero-order valence-electron chi connectivity index (χ0n) is 14.0. The Labute approximate surface area is 145 Å². The van der Waals surface area contributed by atoms with Crippen LogP contribution in [-0.4, -0.2) is 34.6 Å². The molecule has 1 amide bonds. The number of halogens is 1. The molecule has 0 unspecified atom stereocenters. The number of hydrogen-bond acceptors (Lipinski definition) is 5. The Balaban J connectivity index is 1.68. The van der Waals surface area contributed by atoms with Crippen LogP contribution in [0.15, 0.2) is 16.8 Å². The van der Waals surface area contributed by atoms with Gasteiger partial charge >= 0.3 is 0 Å². The van der Waals surface area contributed by atoms with E-state index in [-0.39, 0.29) is 5.91 Å². The summed E-state index contributed by atoms with van der Waals surface area (Å²) in [4.78, 5) is 18.3. The lowest BCUT2D eigenvalue weighted by Crippen LogP contribution is -2.26. The Hall–Kier alpha value is -2.08. The summed E-state index contributed by atoms with van der Waals surface area (Å²) in [5, 5.41) is 4.26. The number of hydrogen-bond donors (Lipinski definition) is 0. The zero-order valence-corrected chi connectivity index (χ0v) is 14.8. The van der Waals surface area contributed by atoms with Crippen LogP contribution in [0.2, 0.25) is 5.02 Å². The van der Waals surface area contributed by atoms with E-state index in [0.717, 1.165) is 11.3 Å². The Morgan fingerprint density at radius 3 is 2.79 bits per heavy atom. The van der Waals surface area contributed by atoms with Crippen molar-refractivity contribution in [1.82, 2.24) is 15.0 Å². The first-order valence-corrected chi connectivity index (χ1v) is 8.29. The monoisotopic (exact) mass is 349 g/mol. The van der Waals surface area contributed by atoms with Crippen LogP contribution in [0, 0.1) is 19.8 Å². The summed E-state index contributed by atoms with van der Waals surface area (Å²) >= 11 is 6.19. The molecule has 1 fully saturated rings. The number of amides is 1. The van der Waals surface area contributed by atoms with Gasteiger partial charge in [-0.25, -0.2) is 4.98 Å². The lowest BCUT2D eigenvalue weighted by Gasteiger charge is -2.17. The highest BCUT2D eigenvalue weighted by molar-refractivity contribution is 6.32. The smallest absolute Gasteiger partial charge is 0.255 e. The van der Waals surface area contributed by atoms with Crippen molar-refractivity contribution < 1.29 is 14.1 Å². The van der Waals surface area contributed by atoms with Gasteiger partial charge in [0.2, 0.25) is 5.88 Å². The fourth-order valence-corrected chi connectivity index (χ4v) is 2.61. The summed E-state index contributed by atoms with van der Waals surface area (Å²) in [5.41, 5.74) is 2.12. The molecule has 2 heterocycles. The topological polar surface area (TPSA) is 68.5 Å². The normalized spacial score (nSPS) is 13.8. The van der Waals surface area contributed by atoms with Crippen LogP contribution < -0.4 is 4.74 Å². The first-order chi connectivity index (χ1) is 11.5. The van der Waals surface area contributed by atoms with Gasteiger partial charge in [0.05, 0.1) is 24.4 Å². The fraction of sp³-hybridized carbons (Fsp3) is 0.471. The minimum atomic E-state index is -0.168. The van der Waals surface area contributed by atoms with E-state index in [2.05, 4.69) is 10.1 Å². The minimum absolute atomic E-state index is 0.168. The molecule has 1 aliphatic rings. The molecule has 128 valence electrons. The highest BCUT2D eigenvalue weighted by atomic mass is 35.5. The van der Waals surface area contributed by atoms with Crippen molar-refractivity contribution in [3.63, 3.8) is 0 Å². The summed E-state index contributed by atoms with van der Waals surface area (Å²) in [6, 6.07) is 1.60. The molecule has 1 aliphatic carbocycles. The summed E-state index contributed by atoms with van der Waals surface area (Å²) in [6.45, 7) is 4.73. The molecule has 0 atom stereocenters. The molecule has 0 radical (unpaired) electrons. The predicted molar refractivity (Wildman–Crippen MR) is 89.2 cm³/mol. The number of carbonyl (C=O) groups is 1. The molecule has 0 N–H and O–H groups in total. The number of aromatic nitrogens is 2. The van der Waals surface area contributed by atoms with Crippen LogP contribution in [0.25, 0.3) is 0 Å². The van der Waals surface area contributed by atoms with E-state index >= 15 is 0 Å². The fourth-order valence-electron chi connectivity index (χ4n) is 2.39. The molecular formula is C17H20ClN3O3. The van der Waals surface area contributed by atoms with Crippen LogP contribution in [-0.2, 0) is 6.54 Å². The predicted octanol–water partition coefficient (Wildman–Crippen LogP) is 3.40. The van der Waals surface area contributed by atoms with Gasteiger partial charge in [-0.05, 0) is 38.7 Å². The third kappa shape index (κ3) is 3.70. The van der Waals surface area contributed by atoms with E-state index in [1.165, 1.54) is 19.0 Å². The third-order valence-corrected chi connectivity index (χ3v) is 4.40. The van der Waals surface area contributed by atoms with Gasteiger partial charge in [-0.1, -0.05) is 16.8 Å². The van der Waals surface area contributed by atoms with Gasteiger partial charge in [-0.3, -0.25) is 4.79 Å². The number of pyridine rings is 1. The van der Waals surface area contributed by atoms with E-state index < -0.39 is 0 Å². The maximum absolute atomic E-state index is 12.6. The van der Waals surface area contributed by atoms with Gasteiger partial charge in [0.1, 0.15) is 10.8 Å². The standard InChI is InChI=1S/C17H20ClN3O3/c1-10-14(11(2)24-20-10)8-21(3)17(22)13-6-15(18)16(19-7-13)23-9-12-4-5-12/h6-7,12H,4-5,8-9H2,1-3H3. The Bertz CT molecular complexity index is 736. The number of aryl methyl sites for hydroxylation is 2. The first-order valence-electron chi connectivity index (χ1n) is 7.91. The van der Waals surface area contributed by atoms with Crippen LogP contribution in [0.1, 0.15) is 40.2 Å². The second kappa shape index (κ2) is 6.81. The Morgan fingerprint density at radius 2 is 2.21 bits per heavy atom. The van der Waals surface area contributed by atoms with E-state index in [4.69, 9.17) is 20.9 Å². The Kier molecular flexibility index (Phi) is 4.76. The third-order valence-electron chi connectivity index (χ3n) is 4.13. The number of carbonyl (C=O) groups excluding carboxylic acids is 1. The average molecular weight is 350 g/mol. The van der Waals surface area contributed by atoms with Gasteiger partial charge < -0.3 is 14.2 Å². The van der Waals surface area contributed by atoms with Crippen LogP contribution in [0.4, 0.5) is 0 Å². The number of ether oxygens (including phenoxy) is 1. The molecule has 0 aliphatic heterocycles. The molecule has 6 nitrogen and oxygen atoms in total. The van der Waals surface area contributed by atoms with Crippen LogP contribution in [0.3, 0.4) is 0 Å². The zero-order chi connectivity index (χ0) is 17.3. The molecule has 24 heavy (non-hydrogen) atoms. The summed E-state index contributed by atoms with van der Waals surface area (Å²) in [6.07, 6.45) is 3.89. The molecule has 3 rings (SSSR count). The van der Waals surface area contributed by atoms with E-state index in [1.807, 2.05) is 13.8 Å². The van der Waals surface area contributed by atoms with Crippen molar-refractivity contribution in [2.24, 2.45) is 5.92 Å². The SMILES string of the molecule is Cc1noc(C)c1CN(C)C(=O)c1cnc(OCC2CC2)c(Cl)c1. The van der Waals surface area contributed by atoms with Gasteiger partial charge in [-0.2, -0.15) is 0 Å². The van der Waals surface area contributed by atoms with Crippen molar-refractivity contribution in [2.45, 2.75) is 33.2 Å².